The molecule has 4 aromatic rings. The first-order chi connectivity index (χ1) is 21.6. The van der Waals surface area contributed by atoms with Gasteiger partial charge < -0.3 is 10.2 Å². The van der Waals surface area contributed by atoms with E-state index in [4.69, 9.17) is 0 Å². The lowest BCUT2D eigenvalue weighted by molar-refractivity contribution is -0.140. The van der Waals surface area contributed by atoms with Crippen LogP contribution in [0.25, 0.3) is 0 Å². The zero-order chi connectivity index (χ0) is 33.6. The van der Waals surface area contributed by atoms with Gasteiger partial charge in [0.1, 0.15) is 12.6 Å². The molecule has 1 N–H and O–H groups in total. The van der Waals surface area contributed by atoms with E-state index in [9.17, 15) is 18.0 Å². The summed E-state index contributed by atoms with van der Waals surface area (Å²) in [6.45, 7) is 10.9. The number of benzene rings is 4. The van der Waals surface area contributed by atoms with E-state index in [1.165, 1.54) is 4.90 Å². The second-order valence-electron chi connectivity index (χ2n) is 12.8. The molecule has 0 fully saturated rings. The zero-order valence-electron chi connectivity index (χ0n) is 27.2. The summed E-state index contributed by atoms with van der Waals surface area (Å²) < 4.78 is 30.6. The van der Waals surface area contributed by atoms with Gasteiger partial charge in [-0.2, -0.15) is 0 Å². The number of halogens is 1. The number of nitrogens with zero attached hydrogens (tertiary/aromatic N) is 2. The van der Waals surface area contributed by atoms with Crippen LogP contribution in [-0.2, 0) is 32.6 Å². The van der Waals surface area contributed by atoms with Crippen molar-refractivity contribution in [1.29, 1.82) is 0 Å². The Kier molecular flexibility index (Phi) is 11.1. The van der Waals surface area contributed by atoms with Crippen LogP contribution >= 0.6 is 15.9 Å². The smallest absolute Gasteiger partial charge is 0.264 e. The minimum absolute atomic E-state index is 0.0795. The molecular weight excluding hydrogens is 662 g/mol. The van der Waals surface area contributed by atoms with Crippen molar-refractivity contribution in [2.75, 3.05) is 10.8 Å². The number of sulfonamides is 1. The molecule has 4 rings (SSSR count). The summed E-state index contributed by atoms with van der Waals surface area (Å²) in [6.07, 6.45) is 0.249. The van der Waals surface area contributed by atoms with E-state index in [0.29, 0.717) is 5.69 Å². The van der Waals surface area contributed by atoms with Crippen LogP contribution < -0.4 is 9.62 Å². The maximum atomic E-state index is 14.6. The van der Waals surface area contributed by atoms with E-state index in [1.54, 1.807) is 36.4 Å². The molecule has 0 spiro atoms. The Bertz CT molecular complexity index is 1750. The van der Waals surface area contributed by atoms with Crippen molar-refractivity contribution in [3.63, 3.8) is 0 Å². The maximum absolute atomic E-state index is 14.6. The fourth-order valence-electron chi connectivity index (χ4n) is 5.25. The Hall–Kier alpha value is -3.95. The van der Waals surface area contributed by atoms with Crippen LogP contribution in [0.4, 0.5) is 5.69 Å². The van der Waals surface area contributed by atoms with Gasteiger partial charge in [-0.1, -0.05) is 82.2 Å². The number of aryl methyl sites for hydroxylation is 3. The third-order valence-corrected chi connectivity index (χ3v) is 9.73. The van der Waals surface area contributed by atoms with Gasteiger partial charge in [0.05, 0.1) is 10.6 Å². The Labute approximate surface area is 281 Å². The van der Waals surface area contributed by atoms with Crippen molar-refractivity contribution in [2.45, 2.75) is 71.0 Å². The van der Waals surface area contributed by atoms with Crippen molar-refractivity contribution in [1.82, 2.24) is 10.2 Å². The fraction of sp³-hybridized carbons (Fsp3) is 0.297. The number of amides is 2. The van der Waals surface area contributed by atoms with E-state index >= 15 is 0 Å². The summed E-state index contributed by atoms with van der Waals surface area (Å²) in [5, 5.41) is 3.06. The highest BCUT2D eigenvalue weighted by Crippen LogP contribution is 2.27. The minimum atomic E-state index is -4.17. The molecule has 0 aliphatic rings. The quantitative estimate of drug-likeness (QED) is 0.180. The molecule has 7 nitrogen and oxygen atoms in total. The number of carbonyl (C=O) groups excluding carboxylic acids is 2. The average molecular weight is 705 g/mol. The maximum Gasteiger partial charge on any atom is 0.264 e. The van der Waals surface area contributed by atoms with E-state index in [2.05, 4.69) is 21.2 Å². The Morgan fingerprint density at radius 1 is 0.783 bits per heavy atom. The van der Waals surface area contributed by atoms with Crippen LogP contribution in [-0.4, -0.2) is 43.3 Å². The van der Waals surface area contributed by atoms with Gasteiger partial charge in [0.25, 0.3) is 10.0 Å². The summed E-state index contributed by atoms with van der Waals surface area (Å²) >= 11 is 3.47. The SMILES string of the molecule is Cc1ccc(S(=O)(=O)N(CC(=O)N(Cc2ccc(Br)cc2)[C@@H](Cc2ccccc2)C(=O)NC(C)(C)C)c2cc(C)cc(C)c2)cc1. The molecule has 46 heavy (non-hydrogen) atoms. The fourth-order valence-corrected chi connectivity index (χ4v) is 6.92. The highest BCUT2D eigenvalue weighted by Gasteiger charge is 2.35. The van der Waals surface area contributed by atoms with Gasteiger partial charge >= 0.3 is 0 Å². The molecule has 1 atom stereocenters. The largest absolute Gasteiger partial charge is 0.350 e. The van der Waals surface area contributed by atoms with E-state index in [1.807, 2.05) is 102 Å². The Balaban J connectivity index is 1.84. The summed E-state index contributed by atoms with van der Waals surface area (Å²) in [5.41, 5.74) is 4.16. The zero-order valence-corrected chi connectivity index (χ0v) is 29.7. The number of carbonyl (C=O) groups is 2. The summed E-state index contributed by atoms with van der Waals surface area (Å²) in [5.74, 6) is -0.816. The van der Waals surface area contributed by atoms with Crippen LogP contribution in [0.2, 0.25) is 0 Å². The summed E-state index contributed by atoms with van der Waals surface area (Å²) in [4.78, 5) is 30.2. The molecule has 0 radical (unpaired) electrons. The Morgan fingerprint density at radius 3 is 1.93 bits per heavy atom. The summed E-state index contributed by atoms with van der Waals surface area (Å²) in [6, 6.07) is 28.2. The first-order valence-corrected chi connectivity index (χ1v) is 17.4. The lowest BCUT2D eigenvalue weighted by atomic mass is 10.0. The van der Waals surface area contributed by atoms with Crippen molar-refractivity contribution in [2.24, 2.45) is 0 Å². The van der Waals surface area contributed by atoms with Crippen molar-refractivity contribution in [3.8, 4) is 0 Å². The van der Waals surface area contributed by atoms with Crippen LogP contribution in [0.1, 0.15) is 48.6 Å². The van der Waals surface area contributed by atoms with E-state index in [0.717, 1.165) is 36.6 Å². The van der Waals surface area contributed by atoms with E-state index < -0.39 is 34.1 Å². The van der Waals surface area contributed by atoms with Gasteiger partial charge in [-0.05, 0) is 100 Å². The van der Waals surface area contributed by atoms with Gasteiger partial charge in [-0.15, -0.1) is 0 Å². The van der Waals surface area contributed by atoms with Gasteiger partial charge in [0, 0.05) is 23.0 Å². The molecule has 9 heteroatoms. The molecular formula is C37H42BrN3O4S. The second-order valence-corrected chi connectivity index (χ2v) is 15.5. The Morgan fingerprint density at radius 2 is 1.37 bits per heavy atom. The predicted molar refractivity (Wildman–Crippen MR) is 188 cm³/mol. The minimum Gasteiger partial charge on any atom is -0.350 e. The number of anilines is 1. The lowest BCUT2D eigenvalue weighted by Crippen LogP contribution is -2.56. The van der Waals surface area contributed by atoms with Crippen molar-refractivity contribution >= 4 is 43.5 Å². The molecule has 0 bridgehead atoms. The van der Waals surface area contributed by atoms with Crippen LogP contribution in [0.5, 0.6) is 0 Å². The highest BCUT2D eigenvalue weighted by molar-refractivity contribution is 9.10. The van der Waals surface area contributed by atoms with E-state index in [-0.39, 0.29) is 23.8 Å². The first kappa shape index (κ1) is 34.9. The van der Waals surface area contributed by atoms with Crippen LogP contribution in [0.3, 0.4) is 0 Å². The first-order valence-electron chi connectivity index (χ1n) is 15.2. The monoisotopic (exact) mass is 703 g/mol. The number of nitrogens with one attached hydrogen (secondary N) is 1. The van der Waals surface area contributed by atoms with Crippen LogP contribution in [0.15, 0.2) is 106 Å². The van der Waals surface area contributed by atoms with Crippen molar-refractivity contribution < 1.29 is 18.0 Å². The molecule has 0 saturated carbocycles. The third-order valence-electron chi connectivity index (χ3n) is 7.42. The molecule has 0 unspecified atom stereocenters. The number of hydrogen-bond acceptors (Lipinski definition) is 4. The molecule has 2 amide bonds. The highest BCUT2D eigenvalue weighted by atomic mass is 79.9. The van der Waals surface area contributed by atoms with Crippen molar-refractivity contribution in [3.05, 3.63) is 129 Å². The summed E-state index contributed by atoms with van der Waals surface area (Å²) in [7, 11) is -4.17. The van der Waals surface area contributed by atoms with Gasteiger partial charge in [-0.25, -0.2) is 8.42 Å². The molecule has 0 aromatic heterocycles. The molecule has 242 valence electrons. The molecule has 0 aliphatic carbocycles. The number of rotatable bonds is 11. The topological polar surface area (TPSA) is 86.8 Å². The molecule has 0 heterocycles. The molecule has 4 aromatic carbocycles. The molecule has 0 saturated heterocycles. The standard InChI is InChI=1S/C37H42BrN3O4S/c1-26-12-18-33(19-13-26)46(44,45)41(32-21-27(2)20-28(3)22-32)25-35(42)40(24-30-14-16-31(38)17-15-30)34(36(43)39-37(4,5)6)23-29-10-8-7-9-11-29/h7-22,34H,23-25H2,1-6H3,(H,39,43)/t34-/m0/s1. The third kappa shape index (κ3) is 9.30. The predicted octanol–water partition coefficient (Wildman–Crippen LogP) is 7.12. The van der Waals surface area contributed by atoms with Gasteiger partial charge in [-0.3, -0.25) is 13.9 Å². The number of hydrogen-bond donors (Lipinski definition) is 1. The average Bonchev–Trinajstić information content (AvgIpc) is 2.97. The van der Waals surface area contributed by atoms with Crippen LogP contribution in [0, 0.1) is 20.8 Å². The normalized spacial score (nSPS) is 12.3. The van der Waals surface area contributed by atoms with Gasteiger partial charge in [0.15, 0.2) is 0 Å². The lowest BCUT2D eigenvalue weighted by Gasteiger charge is -2.35. The molecule has 0 aliphatic heterocycles. The second kappa shape index (κ2) is 14.6. The van der Waals surface area contributed by atoms with Gasteiger partial charge in [0.2, 0.25) is 11.8 Å².